The summed E-state index contributed by atoms with van der Waals surface area (Å²) in [4.78, 5) is 30.8. The van der Waals surface area contributed by atoms with Crippen LogP contribution in [0.25, 0.3) is 0 Å². The van der Waals surface area contributed by atoms with Crippen LogP contribution in [0.3, 0.4) is 0 Å². The van der Waals surface area contributed by atoms with Crippen molar-refractivity contribution in [2.24, 2.45) is 0 Å². The molecule has 1 atom stereocenters. The van der Waals surface area contributed by atoms with E-state index in [9.17, 15) is 9.59 Å². The van der Waals surface area contributed by atoms with E-state index in [4.69, 9.17) is 9.47 Å². The van der Waals surface area contributed by atoms with Gasteiger partial charge in [0.1, 0.15) is 5.60 Å². The number of hydrogen-bond donors (Lipinski definition) is 0. The highest BCUT2D eigenvalue weighted by Gasteiger charge is 2.36. The molecule has 7 heteroatoms. The number of benzene rings is 1. The maximum absolute atomic E-state index is 12.9. The number of methoxy groups -OCH3 is 1. The van der Waals surface area contributed by atoms with Gasteiger partial charge in [-0.1, -0.05) is 22.0 Å². The molecule has 0 spiro atoms. The first-order chi connectivity index (χ1) is 13.7. The van der Waals surface area contributed by atoms with Gasteiger partial charge in [-0.15, -0.1) is 0 Å². The molecular formula is C22H25BrN2O4. The zero-order valence-corrected chi connectivity index (χ0v) is 18.7. The summed E-state index contributed by atoms with van der Waals surface area (Å²) in [6.07, 6.45) is 4.14. The van der Waals surface area contributed by atoms with Crippen molar-refractivity contribution in [3.8, 4) is 0 Å². The molecule has 1 aliphatic heterocycles. The molecule has 1 aliphatic rings. The molecule has 3 rings (SSSR count). The summed E-state index contributed by atoms with van der Waals surface area (Å²) in [5.41, 5.74) is 2.92. The van der Waals surface area contributed by atoms with Gasteiger partial charge < -0.3 is 9.47 Å². The predicted octanol–water partition coefficient (Wildman–Crippen LogP) is 5.06. The van der Waals surface area contributed by atoms with Crippen LogP contribution >= 0.6 is 15.9 Å². The van der Waals surface area contributed by atoms with Crippen LogP contribution < -0.4 is 0 Å². The zero-order chi connectivity index (χ0) is 21.2. The Balaban J connectivity index is 1.86. The van der Waals surface area contributed by atoms with Crippen LogP contribution in [0.5, 0.6) is 0 Å². The lowest BCUT2D eigenvalue weighted by molar-refractivity contribution is 0.0164. The van der Waals surface area contributed by atoms with Gasteiger partial charge in [0, 0.05) is 16.9 Å². The molecule has 1 aromatic carbocycles. The number of aromatic nitrogens is 1. The van der Waals surface area contributed by atoms with E-state index >= 15 is 0 Å². The average Bonchev–Trinajstić information content (AvgIpc) is 3.02. The van der Waals surface area contributed by atoms with E-state index in [0.717, 1.165) is 21.2 Å². The van der Waals surface area contributed by atoms with Crippen molar-refractivity contribution in [1.82, 2.24) is 9.88 Å². The highest BCUT2D eigenvalue weighted by molar-refractivity contribution is 9.10. The van der Waals surface area contributed by atoms with Gasteiger partial charge in [-0.25, -0.2) is 9.59 Å². The maximum atomic E-state index is 12.9. The standard InChI is InChI=1S/C22H25BrN2O4/c1-22(2,3)29-21(27)25-13-15-11-16(23)6-7-17(15)19(25)8-5-14-12-24-10-9-18(14)20(26)28-4/h6-7,9-12,19H,5,8,13H2,1-4H3/t19-/m0/s1. The molecule has 1 amide bonds. The number of hydrogen-bond acceptors (Lipinski definition) is 5. The number of fused-ring (bicyclic) bond motifs is 1. The second-order valence-electron chi connectivity index (χ2n) is 8.03. The molecule has 0 unspecified atom stereocenters. The molecular weight excluding hydrogens is 436 g/mol. The third kappa shape index (κ3) is 4.96. The zero-order valence-electron chi connectivity index (χ0n) is 17.1. The topological polar surface area (TPSA) is 68.7 Å². The fourth-order valence-corrected chi connectivity index (χ4v) is 3.96. The van der Waals surface area contributed by atoms with Gasteiger partial charge in [0.05, 0.1) is 25.3 Å². The molecule has 154 valence electrons. The lowest BCUT2D eigenvalue weighted by Crippen LogP contribution is -2.36. The molecule has 2 aromatic rings. The number of rotatable bonds is 4. The third-order valence-electron chi connectivity index (χ3n) is 4.80. The third-order valence-corrected chi connectivity index (χ3v) is 5.30. The number of pyridine rings is 1. The summed E-state index contributed by atoms with van der Waals surface area (Å²) in [6.45, 7) is 6.07. The van der Waals surface area contributed by atoms with E-state index in [1.54, 1.807) is 23.4 Å². The normalized spacial score (nSPS) is 15.8. The Labute approximate surface area is 179 Å². The van der Waals surface area contributed by atoms with E-state index in [1.165, 1.54) is 7.11 Å². The smallest absolute Gasteiger partial charge is 0.411 e. The minimum Gasteiger partial charge on any atom is -0.465 e. The van der Waals surface area contributed by atoms with Crippen LogP contribution in [0.15, 0.2) is 41.1 Å². The second-order valence-corrected chi connectivity index (χ2v) is 8.95. The molecule has 6 nitrogen and oxygen atoms in total. The Hall–Kier alpha value is -2.41. The van der Waals surface area contributed by atoms with E-state index in [2.05, 4.69) is 20.9 Å². The van der Waals surface area contributed by atoms with Gasteiger partial charge in [0.15, 0.2) is 0 Å². The van der Waals surface area contributed by atoms with Gasteiger partial charge in [-0.05, 0) is 68.5 Å². The van der Waals surface area contributed by atoms with Gasteiger partial charge in [-0.3, -0.25) is 9.88 Å². The van der Waals surface area contributed by atoms with Crippen LogP contribution in [0, 0.1) is 0 Å². The molecule has 0 fully saturated rings. The highest BCUT2D eigenvalue weighted by Crippen LogP contribution is 2.39. The molecule has 1 aromatic heterocycles. The number of carbonyl (C=O) groups is 2. The minimum absolute atomic E-state index is 0.140. The molecule has 29 heavy (non-hydrogen) atoms. The molecule has 0 bridgehead atoms. The van der Waals surface area contributed by atoms with Crippen molar-refractivity contribution in [2.45, 2.75) is 51.8 Å². The fourth-order valence-electron chi connectivity index (χ4n) is 3.55. The SMILES string of the molecule is COC(=O)c1ccncc1CC[C@H]1c2ccc(Br)cc2CN1C(=O)OC(C)(C)C. The Morgan fingerprint density at radius 2 is 2.03 bits per heavy atom. The maximum Gasteiger partial charge on any atom is 0.411 e. The number of halogens is 1. The van der Waals surface area contributed by atoms with Crippen molar-refractivity contribution >= 4 is 28.0 Å². The Bertz CT molecular complexity index is 923. The molecule has 0 saturated carbocycles. The van der Waals surface area contributed by atoms with E-state index in [-0.39, 0.29) is 18.1 Å². The number of aryl methyl sites for hydroxylation is 1. The first kappa shape index (κ1) is 21.3. The minimum atomic E-state index is -0.571. The quantitative estimate of drug-likeness (QED) is 0.596. The van der Waals surface area contributed by atoms with Gasteiger partial charge >= 0.3 is 12.1 Å². The number of esters is 1. The predicted molar refractivity (Wildman–Crippen MR) is 113 cm³/mol. The molecule has 0 radical (unpaired) electrons. The average molecular weight is 461 g/mol. The first-order valence-corrected chi connectivity index (χ1v) is 10.3. The molecule has 0 N–H and O–H groups in total. The van der Waals surface area contributed by atoms with Crippen molar-refractivity contribution in [2.75, 3.05) is 7.11 Å². The Morgan fingerprint density at radius 3 is 2.72 bits per heavy atom. The summed E-state index contributed by atoms with van der Waals surface area (Å²) in [5.74, 6) is -0.387. The second kappa shape index (κ2) is 8.53. The summed E-state index contributed by atoms with van der Waals surface area (Å²) in [6, 6.07) is 7.58. The van der Waals surface area contributed by atoms with Crippen molar-refractivity contribution in [3.05, 3.63) is 63.4 Å². The van der Waals surface area contributed by atoms with Crippen LogP contribution in [0.1, 0.15) is 60.3 Å². The largest absolute Gasteiger partial charge is 0.465 e. The van der Waals surface area contributed by atoms with Crippen molar-refractivity contribution in [1.29, 1.82) is 0 Å². The fraction of sp³-hybridized carbons (Fsp3) is 0.409. The van der Waals surface area contributed by atoms with Gasteiger partial charge in [0.25, 0.3) is 0 Å². The highest BCUT2D eigenvalue weighted by atomic mass is 79.9. The van der Waals surface area contributed by atoms with Crippen LogP contribution in [0.2, 0.25) is 0 Å². The Kier molecular flexibility index (Phi) is 6.27. The van der Waals surface area contributed by atoms with Gasteiger partial charge in [0.2, 0.25) is 0 Å². The lowest BCUT2D eigenvalue weighted by Gasteiger charge is -2.29. The Morgan fingerprint density at radius 1 is 1.28 bits per heavy atom. The molecule has 0 aliphatic carbocycles. The van der Waals surface area contributed by atoms with Crippen LogP contribution in [-0.2, 0) is 22.4 Å². The van der Waals surface area contributed by atoms with E-state index in [0.29, 0.717) is 24.9 Å². The summed E-state index contributed by atoms with van der Waals surface area (Å²) in [5, 5.41) is 0. The van der Waals surface area contributed by atoms with Crippen molar-refractivity contribution in [3.63, 3.8) is 0 Å². The van der Waals surface area contributed by atoms with Gasteiger partial charge in [-0.2, -0.15) is 0 Å². The number of carbonyl (C=O) groups excluding carboxylic acids is 2. The molecule has 2 heterocycles. The van der Waals surface area contributed by atoms with Crippen LogP contribution in [-0.4, -0.2) is 34.7 Å². The number of amides is 1. The summed E-state index contributed by atoms with van der Waals surface area (Å²) < 4.78 is 11.5. The van der Waals surface area contributed by atoms with Crippen LogP contribution in [0.4, 0.5) is 4.79 Å². The number of nitrogens with zero attached hydrogens (tertiary/aromatic N) is 2. The molecule has 0 saturated heterocycles. The summed E-state index contributed by atoms with van der Waals surface area (Å²) in [7, 11) is 1.36. The lowest BCUT2D eigenvalue weighted by atomic mass is 9.97. The summed E-state index contributed by atoms with van der Waals surface area (Å²) >= 11 is 3.51. The van der Waals surface area contributed by atoms with E-state index in [1.807, 2.05) is 39.0 Å². The first-order valence-electron chi connectivity index (χ1n) is 9.49. The number of ether oxygens (including phenoxy) is 2. The van der Waals surface area contributed by atoms with E-state index < -0.39 is 5.60 Å². The monoisotopic (exact) mass is 460 g/mol. The van der Waals surface area contributed by atoms with Crippen molar-refractivity contribution < 1.29 is 19.1 Å².